The molecule has 4 rings (SSSR count). The zero-order valence-electron chi connectivity index (χ0n) is 17.2. The molecule has 0 fully saturated rings. The van der Waals surface area contributed by atoms with Gasteiger partial charge in [0.25, 0.3) is 5.91 Å². The quantitative estimate of drug-likeness (QED) is 0.463. The van der Waals surface area contributed by atoms with Crippen LogP contribution in [0.3, 0.4) is 0 Å². The van der Waals surface area contributed by atoms with Crippen molar-refractivity contribution in [2.75, 3.05) is 12.4 Å². The van der Waals surface area contributed by atoms with E-state index in [1.165, 1.54) is 0 Å². The minimum Gasteiger partial charge on any atom is -0.496 e. The van der Waals surface area contributed by atoms with Gasteiger partial charge in [0.15, 0.2) is 11.9 Å². The normalized spacial score (nSPS) is 11.5. The summed E-state index contributed by atoms with van der Waals surface area (Å²) in [5.41, 5.74) is 2.95. The molecule has 0 saturated heterocycles. The van der Waals surface area contributed by atoms with Crippen LogP contribution in [0.15, 0.2) is 78.9 Å². The minimum absolute atomic E-state index is 0.167. The molecule has 7 nitrogen and oxygen atoms in total. The summed E-state index contributed by atoms with van der Waals surface area (Å²) in [5, 5.41) is 9.55. The Labute approximate surface area is 180 Å². The third kappa shape index (κ3) is 4.72. The molecule has 1 heterocycles. The number of methoxy groups -OCH3 is 1. The van der Waals surface area contributed by atoms with Crippen LogP contribution in [0.4, 0.5) is 5.95 Å². The van der Waals surface area contributed by atoms with Gasteiger partial charge in [0.2, 0.25) is 5.95 Å². The number of aromatic amines is 1. The van der Waals surface area contributed by atoms with Crippen LogP contribution in [0.5, 0.6) is 11.5 Å². The van der Waals surface area contributed by atoms with Gasteiger partial charge >= 0.3 is 0 Å². The summed E-state index contributed by atoms with van der Waals surface area (Å²) in [6.07, 6.45) is -0.726. The first-order valence-electron chi connectivity index (χ1n) is 9.83. The van der Waals surface area contributed by atoms with Crippen LogP contribution in [0.2, 0.25) is 0 Å². The number of carbonyl (C=O) groups is 1. The van der Waals surface area contributed by atoms with Gasteiger partial charge in [-0.2, -0.15) is 4.98 Å². The van der Waals surface area contributed by atoms with Gasteiger partial charge in [-0.3, -0.25) is 15.2 Å². The molecule has 0 bridgehead atoms. The third-order valence-electron chi connectivity index (χ3n) is 4.73. The van der Waals surface area contributed by atoms with Crippen molar-refractivity contribution in [3.63, 3.8) is 0 Å². The van der Waals surface area contributed by atoms with Crippen LogP contribution in [0.1, 0.15) is 6.92 Å². The maximum Gasteiger partial charge on any atom is 0.267 e. The maximum absolute atomic E-state index is 12.5. The van der Waals surface area contributed by atoms with Crippen molar-refractivity contribution in [2.24, 2.45) is 0 Å². The number of benzene rings is 3. The number of para-hydroxylation sites is 1. The van der Waals surface area contributed by atoms with Crippen LogP contribution in [-0.4, -0.2) is 34.3 Å². The first kappa shape index (κ1) is 20.2. The largest absolute Gasteiger partial charge is 0.496 e. The van der Waals surface area contributed by atoms with Gasteiger partial charge in [0.05, 0.1) is 12.7 Å². The Hall–Kier alpha value is -4.13. The standard InChI is InChI=1S/C24H22N4O3/c1-16(31-19-14-12-18(13-15-19)17-8-4-3-5-9-17)23(29)26-24-25-22(27-28-24)20-10-6-7-11-21(20)30-2/h3-16H,1-2H3,(H2,25,26,27,28,29). The highest BCUT2D eigenvalue weighted by atomic mass is 16.5. The Balaban J connectivity index is 1.38. The first-order chi connectivity index (χ1) is 15.1. The fourth-order valence-corrected chi connectivity index (χ4v) is 3.10. The van der Waals surface area contributed by atoms with E-state index in [9.17, 15) is 4.79 Å². The number of nitrogens with zero attached hydrogens (tertiary/aromatic N) is 2. The van der Waals surface area contributed by atoms with E-state index in [0.717, 1.165) is 16.7 Å². The molecule has 0 spiro atoms. The van der Waals surface area contributed by atoms with Crippen LogP contribution in [-0.2, 0) is 4.79 Å². The molecule has 31 heavy (non-hydrogen) atoms. The van der Waals surface area contributed by atoms with E-state index in [1.807, 2.05) is 78.9 Å². The number of carbonyl (C=O) groups excluding carboxylic acids is 1. The number of rotatable bonds is 7. The highest BCUT2D eigenvalue weighted by Crippen LogP contribution is 2.27. The molecule has 1 aromatic heterocycles. The lowest BCUT2D eigenvalue weighted by molar-refractivity contribution is -0.122. The van der Waals surface area contributed by atoms with Crippen LogP contribution in [0.25, 0.3) is 22.5 Å². The number of ether oxygens (including phenoxy) is 2. The molecule has 2 N–H and O–H groups in total. The molecule has 1 unspecified atom stereocenters. The zero-order chi connectivity index (χ0) is 21.6. The SMILES string of the molecule is COc1ccccc1-c1nc(NC(=O)C(C)Oc2ccc(-c3ccccc3)cc2)n[nH]1. The molecule has 156 valence electrons. The van der Waals surface area contributed by atoms with Crippen molar-refractivity contribution in [2.45, 2.75) is 13.0 Å². The fourth-order valence-electron chi connectivity index (χ4n) is 3.10. The van der Waals surface area contributed by atoms with Gasteiger partial charge in [-0.15, -0.1) is 5.10 Å². The summed E-state index contributed by atoms with van der Waals surface area (Å²) in [4.78, 5) is 16.8. The molecular formula is C24H22N4O3. The van der Waals surface area contributed by atoms with Crippen molar-refractivity contribution in [3.05, 3.63) is 78.9 Å². The Bertz CT molecular complexity index is 1160. The molecule has 1 amide bonds. The number of anilines is 1. The van der Waals surface area contributed by atoms with E-state index in [0.29, 0.717) is 17.3 Å². The molecule has 1 atom stereocenters. The van der Waals surface area contributed by atoms with E-state index in [1.54, 1.807) is 14.0 Å². The number of amides is 1. The Kier molecular flexibility index (Phi) is 5.93. The second-order valence-electron chi connectivity index (χ2n) is 6.85. The van der Waals surface area contributed by atoms with Crippen LogP contribution < -0.4 is 14.8 Å². The van der Waals surface area contributed by atoms with Gasteiger partial charge in [-0.05, 0) is 42.3 Å². The summed E-state index contributed by atoms with van der Waals surface area (Å²) in [6, 6.07) is 25.1. The van der Waals surface area contributed by atoms with Gasteiger partial charge < -0.3 is 9.47 Å². The molecule has 0 aliphatic rings. The van der Waals surface area contributed by atoms with Crippen molar-refractivity contribution < 1.29 is 14.3 Å². The molecule has 7 heteroatoms. The molecule has 3 aromatic carbocycles. The van der Waals surface area contributed by atoms with Crippen LogP contribution >= 0.6 is 0 Å². The summed E-state index contributed by atoms with van der Waals surface area (Å²) in [5.74, 6) is 1.58. The van der Waals surface area contributed by atoms with E-state index in [2.05, 4.69) is 20.5 Å². The second kappa shape index (κ2) is 9.13. The average Bonchev–Trinajstić information content (AvgIpc) is 3.28. The fraction of sp³-hybridized carbons (Fsp3) is 0.125. The smallest absolute Gasteiger partial charge is 0.267 e. The van der Waals surface area contributed by atoms with Gasteiger partial charge in [0.1, 0.15) is 11.5 Å². The van der Waals surface area contributed by atoms with E-state index in [-0.39, 0.29) is 11.9 Å². The van der Waals surface area contributed by atoms with Crippen LogP contribution in [0, 0.1) is 0 Å². The van der Waals surface area contributed by atoms with Gasteiger partial charge in [-0.1, -0.05) is 54.6 Å². The predicted molar refractivity (Wildman–Crippen MR) is 119 cm³/mol. The topological polar surface area (TPSA) is 89.1 Å². The lowest BCUT2D eigenvalue weighted by Crippen LogP contribution is -2.30. The zero-order valence-corrected chi connectivity index (χ0v) is 17.2. The first-order valence-corrected chi connectivity index (χ1v) is 9.83. The second-order valence-corrected chi connectivity index (χ2v) is 6.85. The number of nitrogens with one attached hydrogen (secondary N) is 2. The number of aromatic nitrogens is 3. The van der Waals surface area contributed by atoms with Gasteiger partial charge in [-0.25, -0.2) is 0 Å². The summed E-state index contributed by atoms with van der Waals surface area (Å²) in [6.45, 7) is 1.67. The number of hydrogen-bond acceptors (Lipinski definition) is 5. The van der Waals surface area contributed by atoms with Crippen molar-refractivity contribution in [1.82, 2.24) is 15.2 Å². The molecule has 4 aromatic rings. The van der Waals surface area contributed by atoms with Crippen molar-refractivity contribution >= 4 is 11.9 Å². The predicted octanol–water partition coefficient (Wildman–Crippen LogP) is 4.55. The lowest BCUT2D eigenvalue weighted by Gasteiger charge is -2.14. The number of H-pyrrole nitrogens is 1. The Morgan fingerprint density at radius 1 is 0.935 bits per heavy atom. The van der Waals surface area contributed by atoms with E-state index >= 15 is 0 Å². The van der Waals surface area contributed by atoms with E-state index in [4.69, 9.17) is 9.47 Å². The van der Waals surface area contributed by atoms with Crippen molar-refractivity contribution in [3.8, 4) is 34.0 Å². The van der Waals surface area contributed by atoms with E-state index < -0.39 is 6.10 Å². The van der Waals surface area contributed by atoms with Gasteiger partial charge in [0, 0.05) is 0 Å². The van der Waals surface area contributed by atoms with Crippen molar-refractivity contribution in [1.29, 1.82) is 0 Å². The molecule has 0 aliphatic heterocycles. The summed E-state index contributed by atoms with van der Waals surface area (Å²) >= 11 is 0. The highest BCUT2D eigenvalue weighted by Gasteiger charge is 2.18. The molecule has 0 aliphatic carbocycles. The molecular weight excluding hydrogens is 392 g/mol. The highest BCUT2D eigenvalue weighted by molar-refractivity contribution is 5.92. The monoisotopic (exact) mass is 414 g/mol. The Morgan fingerprint density at radius 2 is 1.61 bits per heavy atom. The minimum atomic E-state index is -0.726. The molecule has 0 saturated carbocycles. The average molecular weight is 414 g/mol. The summed E-state index contributed by atoms with van der Waals surface area (Å²) < 4.78 is 11.1. The summed E-state index contributed by atoms with van der Waals surface area (Å²) in [7, 11) is 1.59. The lowest BCUT2D eigenvalue weighted by atomic mass is 10.1. The maximum atomic E-state index is 12.5. The third-order valence-corrected chi connectivity index (χ3v) is 4.73. The Morgan fingerprint density at radius 3 is 2.35 bits per heavy atom. The molecule has 0 radical (unpaired) electrons. The number of hydrogen-bond donors (Lipinski definition) is 2.